The van der Waals surface area contributed by atoms with Gasteiger partial charge in [-0.1, -0.05) is 158 Å². The number of para-hydroxylation sites is 2. The summed E-state index contributed by atoms with van der Waals surface area (Å²) in [5, 5.41) is 7.92. The van der Waals surface area contributed by atoms with Crippen molar-refractivity contribution in [2.45, 2.75) is 12.8 Å². The van der Waals surface area contributed by atoms with Gasteiger partial charge in [-0.3, -0.25) is 0 Å². The molecule has 1 heterocycles. The molecule has 2 heteroatoms. The lowest BCUT2D eigenvalue weighted by Crippen LogP contribution is -2.10. The molecule has 282 valence electrons. The Hall–Kier alpha value is -7.68. The Labute approximate surface area is 349 Å². The third kappa shape index (κ3) is 5.72. The van der Waals surface area contributed by atoms with E-state index in [1.165, 1.54) is 87.9 Å². The number of benzene rings is 10. The van der Waals surface area contributed by atoms with Gasteiger partial charge in [0.1, 0.15) is 0 Å². The smallest absolute Gasteiger partial charge is 0.0541 e. The predicted octanol–water partition coefficient (Wildman–Crippen LogP) is 15.4. The van der Waals surface area contributed by atoms with Gasteiger partial charge < -0.3 is 9.47 Å². The number of aromatic nitrogens is 1. The summed E-state index contributed by atoms with van der Waals surface area (Å²) in [5.41, 5.74) is 17.3. The molecule has 2 nitrogen and oxygen atoms in total. The van der Waals surface area contributed by atoms with Crippen molar-refractivity contribution in [2.75, 3.05) is 4.90 Å². The molecule has 11 aromatic rings. The first-order valence-electron chi connectivity index (χ1n) is 20.9. The molecule has 0 N–H and O–H groups in total. The van der Waals surface area contributed by atoms with Crippen molar-refractivity contribution in [3.8, 4) is 27.9 Å². The summed E-state index contributed by atoms with van der Waals surface area (Å²) in [5.74, 6) is 0. The average molecular weight is 765 g/mol. The van der Waals surface area contributed by atoms with Crippen LogP contribution < -0.4 is 4.90 Å². The van der Waals surface area contributed by atoms with Gasteiger partial charge in [0, 0.05) is 33.5 Å². The largest absolute Gasteiger partial charge is 0.311 e. The van der Waals surface area contributed by atoms with Crippen molar-refractivity contribution in [1.82, 2.24) is 4.57 Å². The van der Waals surface area contributed by atoms with Crippen LogP contribution in [0, 0.1) is 0 Å². The SMILES string of the molecule is c1ccc(-c2ccc(N(c3ccc(-c4ccc5c6cc(ccc46)Cc4cccc6cccc(c46)C5)cc3)c3ccc(-n4c5ccccc5c5ccccc54)cc3)cc2)cc1. The number of fused-ring (bicyclic) bond motifs is 4. The molecule has 0 saturated carbocycles. The van der Waals surface area contributed by atoms with Crippen LogP contribution in [-0.4, -0.2) is 4.57 Å². The van der Waals surface area contributed by atoms with Crippen LogP contribution in [0.5, 0.6) is 0 Å². The number of hydrogen-bond acceptors (Lipinski definition) is 1. The molecule has 0 unspecified atom stereocenters. The second-order valence-corrected chi connectivity index (χ2v) is 16.1. The second-order valence-electron chi connectivity index (χ2n) is 16.1. The third-order valence-electron chi connectivity index (χ3n) is 12.6. The van der Waals surface area contributed by atoms with Crippen molar-refractivity contribution in [2.24, 2.45) is 0 Å². The van der Waals surface area contributed by atoms with Crippen LogP contribution in [0.15, 0.2) is 218 Å². The molecule has 0 fully saturated rings. The zero-order valence-electron chi connectivity index (χ0n) is 33.1. The molecule has 0 aliphatic heterocycles. The summed E-state index contributed by atoms with van der Waals surface area (Å²) in [6.07, 6.45) is 1.85. The molecule has 12 rings (SSSR count). The topological polar surface area (TPSA) is 8.17 Å². The lowest BCUT2D eigenvalue weighted by Gasteiger charge is -2.26. The van der Waals surface area contributed by atoms with E-state index in [4.69, 9.17) is 0 Å². The van der Waals surface area contributed by atoms with Gasteiger partial charge in [0.15, 0.2) is 0 Å². The summed E-state index contributed by atoms with van der Waals surface area (Å²) >= 11 is 0. The van der Waals surface area contributed by atoms with E-state index in [1.54, 1.807) is 0 Å². The van der Waals surface area contributed by atoms with Gasteiger partial charge in [-0.25, -0.2) is 0 Å². The average Bonchev–Trinajstić information content (AvgIpc) is 3.67. The highest BCUT2D eigenvalue weighted by Crippen LogP contribution is 2.41. The Bertz CT molecular complexity index is 3340. The van der Waals surface area contributed by atoms with E-state index < -0.39 is 0 Å². The predicted molar refractivity (Wildman–Crippen MR) is 253 cm³/mol. The maximum Gasteiger partial charge on any atom is 0.0541 e. The number of hydrogen-bond donors (Lipinski definition) is 0. The van der Waals surface area contributed by atoms with Crippen LogP contribution in [0.1, 0.15) is 22.3 Å². The summed E-state index contributed by atoms with van der Waals surface area (Å²) in [7, 11) is 0. The van der Waals surface area contributed by atoms with Gasteiger partial charge in [-0.2, -0.15) is 0 Å². The number of nitrogens with zero attached hydrogens (tertiary/aromatic N) is 2. The molecule has 0 spiro atoms. The molecule has 0 radical (unpaired) electrons. The van der Waals surface area contributed by atoms with Crippen molar-refractivity contribution >= 4 is 60.4 Å². The summed E-state index contributed by atoms with van der Waals surface area (Å²) in [6, 6.07) is 80.5. The molecule has 10 aromatic carbocycles. The van der Waals surface area contributed by atoms with E-state index in [-0.39, 0.29) is 0 Å². The van der Waals surface area contributed by atoms with E-state index in [1.807, 2.05) is 0 Å². The molecule has 1 aliphatic rings. The Morgan fingerprint density at radius 3 is 1.58 bits per heavy atom. The minimum Gasteiger partial charge on any atom is -0.311 e. The Morgan fingerprint density at radius 1 is 0.350 bits per heavy atom. The minimum atomic E-state index is 0.918. The van der Waals surface area contributed by atoms with Crippen LogP contribution in [0.25, 0.3) is 71.3 Å². The summed E-state index contributed by atoms with van der Waals surface area (Å²) in [4.78, 5) is 2.37. The maximum absolute atomic E-state index is 2.44. The lowest BCUT2D eigenvalue weighted by molar-refractivity contribution is 1.17. The molecular weight excluding hydrogens is 725 g/mol. The maximum atomic E-state index is 2.44. The van der Waals surface area contributed by atoms with E-state index in [2.05, 4.69) is 228 Å². The highest BCUT2D eigenvalue weighted by Gasteiger charge is 2.18. The van der Waals surface area contributed by atoms with Gasteiger partial charge >= 0.3 is 0 Å². The molecule has 2 bridgehead atoms. The molecule has 60 heavy (non-hydrogen) atoms. The molecule has 0 amide bonds. The zero-order valence-corrected chi connectivity index (χ0v) is 33.1. The van der Waals surface area contributed by atoms with Crippen molar-refractivity contribution < 1.29 is 0 Å². The van der Waals surface area contributed by atoms with E-state index in [0.29, 0.717) is 0 Å². The highest BCUT2D eigenvalue weighted by molar-refractivity contribution is 6.09. The third-order valence-corrected chi connectivity index (χ3v) is 12.6. The molecule has 1 aromatic heterocycles. The highest BCUT2D eigenvalue weighted by atomic mass is 15.1. The first-order chi connectivity index (χ1) is 29.7. The van der Waals surface area contributed by atoms with Crippen LogP contribution >= 0.6 is 0 Å². The normalized spacial score (nSPS) is 12.2. The van der Waals surface area contributed by atoms with Crippen LogP contribution in [-0.2, 0) is 12.8 Å². The van der Waals surface area contributed by atoms with E-state index >= 15 is 0 Å². The standard InChI is InChI=1S/C58H40N2/c1-2-10-40(11-3-1)41-21-26-47(27-22-41)59(49-30-32-50(33-31-49)60-56-18-6-4-16-53(56)54-17-5-7-19-57(54)60)48-28-23-42(24-29-48)51-35-25-44-38-46-15-9-13-43-12-8-14-45(58(43)46)36-39-20-34-52(51)55(44)37-39/h1-35,37H,36,38H2. The Balaban J connectivity index is 0.940. The van der Waals surface area contributed by atoms with Crippen molar-refractivity contribution in [1.29, 1.82) is 0 Å². The van der Waals surface area contributed by atoms with E-state index in [0.717, 1.165) is 35.6 Å². The van der Waals surface area contributed by atoms with Crippen LogP contribution in [0.4, 0.5) is 17.1 Å². The van der Waals surface area contributed by atoms with Gasteiger partial charge in [0.2, 0.25) is 0 Å². The fourth-order valence-electron chi connectivity index (χ4n) is 9.82. The molecule has 1 aliphatic carbocycles. The molecule has 0 saturated heterocycles. The summed E-state index contributed by atoms with van der Waals surface area (Å²) < 4.78 is 2.38. The van der Waals surface area contributed by atoms with Crippen LogP contribution in [0.2, 0.25) is 0 Å². The summed E-state index contributed by atoms with van der Waals surface area (Å²) in [6.45, 7) is 0. The fourth-order valence-corrected chi connectivity index (χ4v) is 9.82. The van der Waals surface area contributed by atoms with Gasteiger partial charge in [0.05, 0.1) is 11.0 Å². The van der Waals surface area contributed by atoms with Gasteiger partial charge in [0.25, 0.3) is 0 Å². The Morgan fingerprint density at radius 2 is 0.917 bits per heavy atom. The lowest BCUT2D eigenvalue weighted by atomic mass is 9.91. The number of rotatable bonds is 6. The first-order valence-corrected chi connectivity index (χ1v) is 20.9. The fraction of sp³-hybridized carbons (Fsp3) is 0.0345. The molecular formula is C58H40N2. The first kappa shape index (κ1) is 34.4. The van der Waals surface area contributed by atoms with E-state index in [9.17, 15) is 0 Å². The van der Waals surface area contributed by atoms with Crippen molar-refractivity contribution in [3.05, 3.63) is 241 Å². The van der Waals surface area contributed by atoms with Gasteiger partial charge in [-0.15, -0.1) is 0 Å². The Kier molecular flexibility index (Phi) is 8.02. The second kappa shape index (κ2) is 14.0. The van der Waals surface area contributed by atoms with Crippen molar-refractivity contribution in [3.63, 3.8) is 0 Å². The quantitative estimate of drug-likeness (QED) is 0.164. The van der Waals surface area contributed by atoms with Gasteiger partial charge in [-0.05, 0) is 140 Å². The zero-order chi connectivity index (χ0) is 39.6. The minimum absolute atomic E-state index is 0.918. The monoisotopic (exact) mass is 764 g/mol. The molecule has 0 atom stereocenters. The number of anilines is 3. The van der Waals surface area contributed by atoms with Crippen LogP contribution in [0.3, 0.4) is 0 Å².